The molecule has 110 valence electrons. The largest absolute Gasteiger partial charge is 0.491 e. The Morgan fingerprint density at radius 1 is 0.955 bits per heavy atom. The lowest BCUT2D eigenvalue weighted by Crippen LogP contribution is -2.08. The number of hydrogen-bond acceptors (Lipinski definition) is 2. The third kappa shape index (κ3) is 1.71. The van der Waals surface area contributed by atoms with Crippen molar-refractivity contribution in [2.24, 2.45) is 0 Å². The van der Waals surface area contributed by atoms with Gasteiger partial charge in [0.05, 0.1) is 12.7 Å². The average molecular weight is 290 g/mol. The summed E-state index contributed by atoms with van der Waals surface area (Å²) in [5.41, 5.74) is 5.45. The Balaban J connectivity index is 1.87. The first-order valence-electron chi connectivity index (χ1n) is 8.09. The Morgan fingerprint density at radius 2 is 1.91 bits per heavy atom. The lowest BCUT2D eigenvalue weighted by Gasteiger charge is -2.24. The molecule has 2 aliphatic carbocycles. The minimum Gasteiger partial charge on any atom is -0.491 e. The maximum Gasteiger partial charge on any atom is 0.126 e. The highest BCUT2D eigenvalue weighted by atomic mass is 16.5. The van der Waals surface area contributed by atoms with Gasteiger partial charge in [-0.05, 0) is 52.8 Å². The molecule has 2 aromatic carbocycles. The highest BCUT2D eigenvalue weighted by Gasteiger charge is 2.27. The van der Waals surface area contributed by atoms with Crippen molar-refractivity contribution in [3.05, 3.63) is 58.7 Å². The van der Waals surface area contributed by atoms with Gasteiger partial charge in [0.1, 0.15) is 12.4 Å². The van der Waals surface area contributed by atoms with Gasteiger partial charge in [-0.1, -0.05) is 36.4 Å². The summed E-state index contributed by atoms with van der Waals surface area (Å²) < 4.78 is 12.0. The summed E-state index contributed by atoms with van der Waals surface area (Å²) in [5.74, 6) is 1.03. The number of rotatable bonds is 0. The molecule has 2 nitrogen and oxygen atoms in total. The predicted octanol–water partition coefficient (Wildman–Crippen LogP) is 4.36. The molecule has 22 heavy (non-hydrogen) atoms. The molecule has 5 rings (SSSR count). The summed E-state index contributed by atoms with van der Waals surface area (Å²) in [5, 5.41) is 2.69. The number of ether oxygens (including phenoxy) is 2. The molecular weight excluding hydrogens is 272 g/mol. The molecule has 2 heteroatoms. The highest BCUT2D eigenvalue weighted by molar-refractivity contribution is 5.97. The lowest BCUT2D eigenvalue weighted by molar-refractivity contribution is 0.0494. The Bertz CT molecular complexity index is 829. The van der Waals surface area contributed by atoms with Crippen molar-refractivity contribution in [2.75, 3.05) is 13.2 Å². The van der Waals surface area contributed by atoms with E-state index in [1.165, 1.54) is 33.0 Å². The van der Waals surface area contributed by atoms with Crippen molar-refractivity contribution >= 4 is 16.8 Å². The summed E-state index contributed by atoms with van der Waals surface area (Å²) in [4.78, 5) is 0. The Labute approximate surface area is 130 Å². The molecule has 0 aromatic heterocycles. The Morgan fingerprint density at radius 3 is 2.91 bits per heavy atom. The smallest absolute Gasteiger partial charge is 0.126 e. The van der Waals surface area contributed by atoms with Crippen molar-refractivity contribution in [3.8, 4) is 5.75 Å². The van der Waals surface area contributed by atoms with Crippen LogP contribution >= 0.6 is 0 Å². The van der Waals surface area contributed by atoms with Crippen LogP contribution in [-0.4, -0.2) is 13.2 Å². The van der Waals surface area contributed by atoms with E-state index in [1.54, 1.807) is 0 Å². The van der Waals surface area contributed by atoms with Crippen molar-refractivity contribution in [1.82, 2.24) is 0 Å². The lowest BCUT2D eigenvalue weighted by atomic mass is 9.85. The zero-order valence-electron chi connectivity index (χ0n) is 12.5. The molecule has 0 saturated heterocycles. The SMILES string of the molecule is C1=CCc2c(ccc3c4c5c(cc23)OCCOC5CC=C4)C1. The van der Waals surface area contributed by atoms with Gasteiger partial charge in [0.25, 0.3) is 0 Å². The molecule has 0 bridgehead atoms. The van der Waals surface area contributed by atoms with Crippen molar-refractivity contribution in [2.45, 2.75) is 25.4 Å². The third-order valence-electron chi connectivity index (χ3n) is 5.02. The molecule has 0 saturated carbocycles. The summed E-state index contributed by atoms with van der Waals surface area (Å²) in [6.45, 7) is 1.31. The van der Waals surface area contributed by atoms with Crippen LogP contribution in [0.2, 0.25) is 0 Å². The minimum absolute atomic E-state index is 0.151. The van der Waals surface area contributed by atoms with E-state index >= 15 is 0 Å². The molecule has 0 radical (unpaired) electrons. The third-order valence-corrected chi connectivity index (χ3v) is 5.02. The van der Waals surface area contributed by atoms with Gasteiger partial charge in [-0.15, -0.1) is 0 Å². The van der Waals surface area contributed by atoms with E-state index in [9.17, 15) is 0 Å². The van der Waals surface area contributed by atoms with Crippen LogP contribution in [0.25, 0.3) is 16.8 Å². The summed E-state index contributed by atoms with van der Waals surface area (Å²) in [7, 11) is 0. The molecule has 3 aliphatic rings. The first kappa shape index (κ1) is 12.5. The van der Waals surface area contributed by atoms with Crippen molar-refractivity contribution in [1.29, 1.82) is 0 Å². The first-order chi connectivity index (χ1) is 10.9. The molecule has 1 heterocycles. The van der Waals surface area contributed by atoms with Gasteiger partial charge in [0.15, 0.2) is 0 Å². The van der Waals surface area contributed by atoms with E-state index < -0.39 is 0 Å². The quantitative estimate of drug-likeness (QED) is 0.671. The zero-order valence-corrected chi connectivity index (χ0v) is 12.5. The fourth-order valence-electron chi connectivity index (χ4n) is 3.99. The first-order valence-corrected chi connectivity index (χ1v) is 8.09. The van der Waals surface area contributed by atoms with Gasteiger partial charge in [0, 0.05) is 5.56 Å². The molecule has 1 aliphatic heterocycles. The van der Waals surface area contributed by atoms with Crippen LogP contribution in [-0.2, 0) is 17.6 Å². The van der Waals surface area contributed by atoms with E-state index in [2.05, 4.69) is 42.5 Å². The number of fused-ring (bicyclic) bond motifs is 4. The average Bonchev–Trinajstić information content (AvgIpc) is 2.78. The van der Waals surface area contributed by atoms with Crippen molar-refractivity contribution < 1.29 is 9.47 Å². The molecule has 0 spiro atoms. The standard InChI is InChI=1S/C20H18O2/c1-2-5-14-13(4-1)8-9-15-16-6-3-7-18-20(16)19(12-17(14)15)22-11-10-21-18/h1-3,6,8-9,12,18H,4-5,7,10-11H2. The normalized spacial score (nSPS) is 21.9. The van der Waals surface area contributed by atoms with E-state index in [0.29, 0.717) is 13.2 Å². The predicted molar refractivity (Wildman–Crippen MR) is 88.3 cm³/mol. The van der Waals surface area contributed by atoms with Gasteiger partial charge in [-0.25, -0.2) is 0 Å². The van der Waals surface area contributed by atoms with Gasteiger partial charge in [-0.2, -0.15) is 0 Å². The van der Waals surface area contributed by atoms with Crippen LogP contribution in [0, 0.1) is 0 Å². The minimum atomic E-state index is 0.151. The number of allylic oxidation sites excluding steroid dienone is 2. The van der Waals surface area contributed by atoms with E-state index in [0.717, 1.165) is 25.0 Å². The van der Waals surface area contributed by atoms with Gasteiger partial charge in [0.2, 0.25) is 0 Å². The van der Waals surface area contributed by atoms with Crippen LogP contribution in [0.1, 0.15) is 34.8 Å². The second-order valence-corrected chi connectivity index (χ2v) is 6.23. The van der Waals surface area contributed by atoms with Gasteiger partial charge < -0.3 is 9.47 Å². The molecule has 0 fully saturated rings. The molecule has 1 atom stereocenters. The Kier molecular flexibility index (Phi) is 2.68. The van der Waals surface area contributed by atoms with Crippen LogP contribution in [0.3, 0.4) is 0 Å². The fourth-order valence-corrected chi connectivity index (χ4v) is 3.99. The molecule has 0 amide bonds. The topological polar surface area (TPSA) is 18.5 Å². The van der Waals surface area contributed by atoms with E-state index in [4.69, 9.17) is 9.47 Å². The van der Waals surface area contributed by atoms with E-state index in [-0.39, 0.29) is 6.10 Å². The highest BCUT2D eigenvalue weighted by Crippen LogP contribution is 2.44. The fraction of sp³-hybridized carbons (Fsp3) is 0.300. The van der Waals surface area contributed by atoms with Crippen molar-refractivity contribution in [3.63, 3.8) is 0 Å². The summed E-state index contributed by atoms with van der Waals surface area (Å²) >= 11 is 0. The second-order valence-electron chi connectivity index (χ2n) is 6.23. The van der Waals surface area contributed by atoms with Crippen LogP contribution in [0.4, 0.5) is 0 Å². The maximum atomic E-state index is 6.02. The van der Waals surface area contributed by atoms with Gasteiger partial charge in [-0.3, -0.25) is 0 Å². The summed E-state index contributed by atoms with van der Waals surface area (Å²) in [6.07, 6.45) is 12.2. The molecule has 2 aromatic rings. The van der Waals surface area contributed by atoms with Crippen LogP contribution in [0.5, 0.6) is 5.75 Å². The second kappa shape index (κ2) is 4.72. The van der Waals surface area contributed by atoms with Crippen LogP contribution < -0.4 is 4.74 Å². The Hall–Kier alpha value is -2.06. The molecule has 0 N–H and O–H groups in total. The molecule has 1 unspecified atom stereocenters. The number of benzene rings is 2. The zero-order chi connectivity index (χ0) is 14.5. The monoisotopic (exact) mass is 290 g/mol. The van der Waals surface area contributed by atoms with Gasteiger partial charge >= 0.3 is 0 Å². The van der Waals surface area contributed by atoms with Crippen LogP contribution in [0.15, 0.2) is 36.4 Å². The van der Waals surface area contributed by atoms with E-state index in [1.807, 2.05) is 0 Å². The maximum absolute atomic E-state index is 6.02. The number of hydrogen-bond donors (Lipinski definition) is 0. The molecular formula is C20H18O2. The summed E-state index contributed by atoms with van der Waals surface area (Å²) in [6, 6.07) is 6.83.